The molecule has 0 bridgehead atoms. The van der Waals surface area contributed by atoms with E-state index in [4.69, 9.17) is 14.1 Å². The molecular formula is C20H24N6O3. The van der Waals surface area contributed by atoms with Gasteiger partial charge in [-0.3, -0.25) is 9.78 Å². The summed E-state index contributed by atoms with van der Waals surface area (Å²) < 4.78 is 11.3. The Balaban J connectivity index is 1.58. The van der Waals surface area contributed by atoms with Crippen LogP contribution in [0.3, 0.4) is 0 Å². The van der Waals surface area contributed by atoms with E-state index in [0.29, 0.717) is 54.7 Å². The molecule has 0 saturated carbocycles. The van der Waals surface area contributed by atoms with Crippen LogP contribution in [0.25, 0.3) is 22.6 Å². The van der Waals surface area contributed by atoms with Crippen molar-refractivity contribution >= 4 is 22.9 Å². The molecule has 2 fully saturated rings. The highest BCUT2D eigenvalue weighted by atomic mass is 16.5. The second-order valence-corrected chi connectivity index (χ2v) is 7.39. The fourth-order valence-corrected chi connectivity index (χ4v) is 3.84. The zero-order valence-corrected chi connectivity index (χ0v) is 16.1. The van der Waals surface area contributed by atoms with E-state index < -0.39 is 0 Å². The van der Waals surface area contributed by atoms with Crippen molar-refractivity contribution in [2.45, 2.75) is 18.9 Å². The number of para-hydroxylation sites is 2. The number of morpholine rings is 1. The number of nitrogens with one attached hydrogen (secondary N) is 3. The molecule has 1 atom stereocenters. The number of rotatable bonds is 4. The highest BCUT2D eigenvalue weighted by molar-refractivity contribution is 5.79. The second-order valence-electron chi connectivity index (χ2n) is 7.39. The first-order valence-electron chi connectivity index (χ1n) is 10.1. The lowest BCUT2D eigenvalue weighted by molar-refractivity contribution is 0.122. The SMILES string of the molecule is O=c1[nH]c(N2CCOCC2)nc(N[C@@H]2CCCNC2)c1-c1nc2ccccc2o1. The van der Waals surface area contributed by atoms with Gasteiger partial charge < -0.3 is 24.7 Å². The summed E-state index contributed by atoms with van der Waals surface area (Å²) in [5.41, 5.74) is 1.43. The van der Waals surface area contributed by atoms with Crippen LogP contribution in [-0.2, 0) is 4.74 Å². The number of anilines is 2. The molecule has 4 heterocycles. The molecule has 2 aliphatic heterocycles. The van der Waals surface area contributed by atoms with Gasteiger partial charge in [-0.25, -0.2) is 4.98 Å². The van der Waals surface area contributed by atoms with Gasteiger partial charge in [-0.2, -0.15) is 4.98 Å². The van der Waals surface area contributed by atoms with Gasteiger partial charge in [0, 0.05) is 25.7 Å². The first kappa shape index (κ1) is 18.1. The van der Waals surface area contributed by atoms with Gasteiger partial charge in [0.25, 0.3) is 5.56 Å². The number of ether oxygens (including phenoxy) is 1. The van der Waals surface area contributed by atoms with Crippen LogP contribution in [0.15, 0.2) is 33.5 Å². The Labute approximate surface area is 167 Å². The summed E-state index contributed by atoms with van der Waals surface area (Å²) in [6, 6.07) is 7.68. The number of oxazole rings is 1. The topological polar surface area (TPSA) is 108 Å². The van der Waals surface area contributed by atoms with Crippen LogP contribution in [-0.4, -0.2) is 60.4 Å². The van der Waals surface area contributed by atoms with E-state index in [1.54, 1.807) is 0 Å². The maximum atomic E-state index is 13.1. The number of aromatic amines is 1. The third kappa shape index (κ3) is 3.70. The zero-order chi connectivity index (χ0) is 19.6. The number of aromatic nitrogens is 3. The van der Waals surface area contributed by atoms with Crippen LogP contribution in [0, 0.1) is 0 Å². The molecule has 9 nitrogen and oxygen atoms in total. The summed E-state index contributed by atoms with van der Waals surface area (Å²) in [7, 11) is 0. The van der Waals surface area contributed by atoms with Gasteiger partial charge in [-0.05, 0) is 31.5 Å². The Kier molecular flexibility index (Phi) is 4.91. The van der Waals surface area contributed by atoms with E-state index in [-0.39, 0.29) is 17.5 Å². The summed E-state index contributed by atoms with van der Waals surface area (Å²) in [4.78, 5) is 27.4. The lowest BCUT2D eigenvalue weighted by Gasteiger charge is -2.29. The van der Waals surface area contributed by atoms with E-state index >= 15 is 0 Å². The summed E-state index contributed by atoms with van der Waals surface area (Å²) in [6.07, 6.45) is 2.09. The van der Waals surface area contributed by atoms with Gasteiger partial charge in [-0.1, -0.05) is 12.1 Å². The standard InChI is InChI=1S/C20H24N6O3/c27-18-16(19-23-14-5-1-2-6-15(14)29-19)17(22-13-4-3-7-21-12-13)24-20(25-18)26-8-10-28-11-9-26/h1-2,5-6,13,21H,3-4,7-12H2,(H2,22,24,25,27)/t13-/m1/s1. The van der Waals surface area contributed by atoms with Gasteiger partial charge in [0.15, 0.2) is 5.58 Å². The van der Waals surface area contributed by atoms with Crippen molar-refractivity contribution in [3.63, 3.8) is 0 Å². The van der Waals surface area contributed by atoms with Crippen molar-refractivity contribution in [2.24, 2.45) is 0 Å². The van der Waals surface area contributed by atoms with Crippen LogP contribution in [0.4, 0.5) is 11.8 Å². The molecule has 5 rings (SSSR count). The van der Waals surface area contributed by atoms with Gasteiger partial charge in [0.05, 0.1) is 13.2 Å². The maximum absolute atomic E-state index is 13.1. The van der Waals surface area contributed by atoms with Crippen LogP contribution in [0.5, 0.6) is 0 Å². The van der Waals surface area contributed by atoms with Gasteiger partial charge in [0.2, 0.25) is 11.8 Å². The van der Waals surface area contributed by atoms with Crippen LogP contribution in [0.1, 0.15) is 12.8 Å². The summed E-state index contributed by atoms with van der Waals surface area (Å²) >= 11 is 0. The molecule has 0 amide bonds. The summed E-state index contributed by atoms with van der Waals surface area (Å²) in [6.45, 7) is 4.45. The van der Waals surface area contributed by atoms with Crippen LogP contribution < -0.4 is 21.1 Å². The van der Waals surface area contributed by atoms with E-state index in [0.717, 1.165) is 25.9 Å². The van der Waals surface area contributed by atoms with Crippen LogP contribution >= 0.6 is 0 Å². The zero-order valence-electron chi connectivity index (χ0n) is 16.1. The lowest BCUT2D eigenvalue weighted by Crippen LogP contribution is -2.40. The minimum Gasteiger partial charge on any atom is -0.436 e. The predicted molar refractivity (Wildman–Crippen MR) is 110 cm³/mol. The molecule has 0 unspecified atom stereocenters. The average molecular weight is 396 g/mol. The molecule has 3 aromatic rings. The number of nitrogens with zero attached hydrogens (tertiary/aromatic N) is 3. The maximum Gasteiger partial charge on any atom is 0.267 e. The Morgan fingerprint density at radius 2 is 2.03 bits per heavy atom. The number of H-pyrrole nitrogens is 1. The average Bonchev–Trinajstić information content (AvgIpc) is 3.18. The molecule has 2 aliphatic rings. The first-order chi connectivity index (χ1) is 14.3. The highest BCUT2D eigenvalue weighted by Crippen LogP contribution is 2.28. The smallest absolute Gasteiger partial charge is 0.267 e. The molecule has 152 valence electrons. The Bertz CT molecular complexity index is 1020. The van der Waals surface area contributed by atoms with Crippen molar-refractivity contribution in [1.29, 1.82) is 0 Å². The fourth-order valence-electron chi connectivity index (χ4n) is 3.84. The molecule has 3 N–H and O–H groups in total. The van der Waals surface area contributed by atoms with Crippen molar-refractivity contribution in [1.82, 2.24) is 20.3 Å². The lowest BCUT2D eigenvalue weighted by atomic mass is 10.1. The minimum absolute atomic E-state index is 0.193. The monoisotopic (exact) mass is 396 g/mol. The summed E-state index contributed by atoms with van der Waals surface area (Å²) in [5, 5.41) is 6.85. The van der Waals surface area contributed by atoms with Crippen LogP contribution in [0.2, 0.25) is 0 Å². The number of fused-ring (bicyclic) bond motifs is 1. The van der Waals surface area contributed by atoms with Crippen molar-refractivity contribution < 1.29 is 9.15 Å². The minimum atomic E-state index is -0.265. The van der Waals surface area contributed by atoms with Gasteiger partial charge in [-0.15, -0.1) is 0 Å². The molecule has 0 spiro atoms. The molecule has 0 aliphatic carbocycles. The predicted octanol–water partition coefficient (Wildman–Crippen LogP) is 1.58. The molecular weight excluding hydrogens is 372 g/mol. The Hall–Kier alpha value is -2.91. The molecule has 29 heavy (non-hydrogen) atoms. The quantitative estimate of drug-likeness (QED) is 0.610. The van der Waals surface area contributed by atoms with E-state index in [9.17, 15) is 4.79 Å². The second kappa shape index (κ2) is 7.84. The first-order valence-corrected chi connectivity index (χ1v) is 10.1. The Morgan fingerprint density at radius 1 is 1.17 bits per heavy atom. The van der Waals surface area contributed by atoms with Crippen molar-refractivity contribution in [3.05, 3.63) is 34.6 Å². The van der Waals surface area contributed by atoms with E-state index in [1.807, 2.05) is 29.2 Å². The molecule has 9 heteroatoms. The third-order valence-electron chi connectivity index (χ3n) is 5.36. The normalized spacial score (nSPS) is 20.1. The largest absolute Gasteiger partial charge is 0.436 e. The molecule has 1 aromatic carbocycles. The number of hydrogen-bond acceptors (Lipinski definition) is 8. The molecule has 2 saturated heterocycles. The van der Waals surface area contributed by atoms with Gasteiger partial charge in [0.1, 0.15) is 16.9 Å². The van der Waals surface area contributed by atoms with E-state index in [2.05, 4.69) is 20.6 Å². The number of piperidine rings is 1. The Morgan fingerprint density at radius 3 is 2.83 bits per heavy atom. The number of benzene rings is 1. The molecule has 0 radical (unpaired) electrons. The highest BCUT2D eigenvalue weighted by Gasteiger charge is 2.24. The van der Waals surface area contributed by atoms with Crippen molar-refractivity contribution in [2.75, 3.05) is 49.6 Å². The summed E-state index contributed by atoms with van der Waals surface area (Å²) in [5.74, 6) is 1.33. The van der Waals surface area contributed by atoms with E-state index in [1.165, 1.54) is 0 Å². The van der Waals surface area contributed by atoms with Crippen molar-refractivity contribution in [3.8, 4) is 11.5 Å². The number of hydrogen-bond donors (Lipinski definition) is 3. The third-order valence-corrected chi connectivity index (χ3v) is 5.36. The van der Waals surface area contributed by atoms with Gasteiger partial charge >= 0.3 is 0 Å². The molecule has 2 aromatic heterocycles. The fraction of sp³-hybridized carbons (Fsp3) is 0.450.